The van der Waals surface area contributed by atoms with Crippen molar-refractivity contribution in [3.05, 3.63) is 64.6 Å². The molecule has 2 N–H and O–H groups in total. The Kier molecular flexibility index (Phi) is 7.45. The van der Waals surface area contributed by atoms with Gasteiger partial charge in [0.2, 0.25) is 0 Å². The minimum Gasteiger partial charge on any atom is -0.497 e. The largest absolute Gasteiger partial charge is 0.497 e. The Bertz CT molecular complexity index is 1260. The van der Waals surface area contributed by atoms with E-state index < -0.39 is 39.4 Å². The van der Waals surface area contributed by atoms with Crippen LogP contribution in [0.3, 0.4) is 0 Å². The van der Waals surface area contributed by atoms with Gasteiger partial charge in [-0.05, 0) is 55.8 Å². The number of hydrogen-bond acceptors (Lipinski definition) is 7. The minimum atomic E-state index is -4.07. The Morgan fingerprint density at radius 2 is 1.85 bits per heavy atom. The van der Waals surface area contributed by atoms with Crippen molar-refractivity contribution in [2.75, 3.05) is 26.6 Å². The SMILES string of the molecule is CCOC(=O)C1=C(CS(=O)(=O)c2ccc(F)c(C)c2)NC(=O)NC1c1cc(OC)ccc1OC. The first-order valence-electron chi connectivity index (χ1n) is 10.3. The first-order chi connectivity index (χ1) is 16.1. The van der Waals surface area contributed by atoms with Crippen LogP contribution in [-0.2, 0) is 19.4 Å². The summed E-state index contributed by atoms with van der Waals surface area (Å²) in [6.07, 6.45) is 0. The molecule has 34 heavy (non-hydrogen) atoms. The number of aryl methyl sites for hydroxylation is 1. The number of methoxy groups -OCH3 is 2. The number of nitrogens with one attached hydrogen (secondary N) is 2. The van der Waals surface area contributed by atoms with Gasteiger partial charge in [-0.1, -0.05) is 0 Å². The first kappa shape index (κ1) is 25.0. The van der Waals surface area contributed by atoms with E-state index in [0.717, 1.165) is 12.1 Å². The monoisotopic (exact) mass is 492 g/mol. The van der Waals surface area contributed by atoms with E-state index in [1.165, 1.54) is 27.2 Å². The van der Waals surface area contributed by atoms with Crippen LogP contribution in [0.1, 0.15) is 24.1 Å². The van der Waals surface area contributed by atoms with Crippen molar-refractivity contribution in [2.24, 2.45) is 0 Å². The molecular weight excluding hydrogens is 467 g/mol. The smallest absolute Gasteiger partial charge is 0.338 e. The van der Waals surface area contributed by atoms with Crippen LogP contribution in [0.4, 0.5) is 9.18 Å². The van der Waals surface area contributed by atoms with E-state index in [0.29, 0.717) is 17.1 Å². The lowest BCUT2D eigenvalue weighted by Gasteiger charge is -2.30. The molecule has 11 heteroatoms. The van der Waals surface area contributed by atoms with E-state index in [-0.39, 0.29) is 28.3 Å². The summed E-state index contributed by atoms with van der Waals surface area (Å²) in [7, 11) is -1.19. The van der Waals surface area contributed by atoms with Gasteiger partial charge in [-0.3, -0.25) is 0 Å². The van der Waals surface area contributed by atoms with Crippen LogP contribution in [0, 0.1) is 12.7 Å². The molecule has 1 aliphatic heterocycles. The summed E-state index contributed by atoms with van der Waals surface area (Å²) < 4.78 is 55.8. The Hall–Kier alpha value is -3.60. The second-order valence-corrected chi connectivity index (χ2v) is 9.41. The summed E-state index contributed by atoms with van der Waals surface area (Å²) >= 11 is 0. The topological polar surface area (TPSA) is 120 Å². The lowest BCUT2D eigenvalue weighted by atomic mass is 9.94. The third-order valence-corrected chi connectivity index (χ3v) is 6.86. The number of ether oxygens (including phenoxy) is 3. The van der Waals surface area contributed by atoms with E-state index in [2.05, 4.69) is 10.6 Å². The number of benzene rings is 2. The summed E-state index contributed by atoms with van der Waals surface area (Å²) in [5.41, 5.74) is 0.260. The van der Waals surface area contributed by atoms with Crippen LogP contribution in [0.5, 0.6) is 11.5 Å². The summed E-state index contributed by atoms with van der Waals surface area (Å²) in [5, 5.41) is 5.06. The van der Waals surface area contributed by atoms with Gasteiger partial charge in [-0.25, -0.2) is 22.4 Å². The van der Waals surface area contributed by atoms with Crippen molar-refractivity contribution >= 4 is 21.8 Å². The molecule has 0 saturated heterocycles. The second kappa shape index (κ2) is 10.1. The van der Waals surface area contributed by atoms with Gasteiger partial charge < -0.3 is 24.8 Å². The number of rotatable bonds is 8. The molecule has 0 fully saturated rings. The molecule has 0 radical (unpaired) electrons. The molecule has 0 aromatic heterocycles. The van der Waals surface area contributed by atoms with Crippen LogP contribution in [0.25, 0.3) is 0 Å². The Morgan fingerprint density at radius 3 is 2.47 bits per heavy atom. The van der Waals surface area contributed by atoms with Gasteiger partial charge in [0.1, 0.15) is 17.3 Å². The third-order valence-electron chi connectivity index (χ3n) is 5.22. The number of hydrogen-bond donors (Lipinski definition) is 2. The van der Waals surface area contributed by atoms with Crippen LogP contribution in [0.2, 0.25) is 0 Å². The highest BCUT2D eigenvalue weighted by Crippen LogP contribution is 2.36. The minimum absolute atomic E-state index is 0.0232. The molecule has 1 unspecified atom stereocenters. The second-order valence-electron chi connectivity index (χ2n) is 7.42. The van der Waals surface area contributed by atoms with Crippen LogP contribution >= 0.6 is 0 Å². The molecule has 0 saturated carbocycles. The average molecular weight is 493 g/mol. The zero-order chi connectivity index (χ0) is 25.0. The Labute approximate surface area is 196 Å². The van der Waals surface area contributed by atoms with Gasteiger partial charge in [-0.2, -0.15) is 0 Å². The average Bonchev–Trinajstić information content (AvgIpc) is 2.79. The molecule has 1 heterocycles. The fourth-order valence-corrected chi connectivity index (χ4v) is 4.97. The number of urea groups is 1. The molecule has 0 aliphatic carbocycles. The zero-order valence-electron chi connectivity index (χ0n) is 19.1. The maximum Gasteiger partial charge on any atom is 0.338 e. The van der Waals surface area contributed by atoms with Crippen molar-refractivity contribution < 1.29 is 36.6 Å². The molecule has 2 aromatic carbocycles. The predicted octanol–water partition coefficient (Wildman–Crippen LogP) is 2.80. The number of carbonyl (C=O) groups excluding carboxylic acids is 2. The predicted molar refractivity (Wildman–Crippen MR) is 121 cm³/mol. The fourth-order valence-electron chi connectivity index (χ4n) is 3.56. The quantitative estimate of drug-likeness (QED) is 0.429. The van der Waals surface area contributed by atoms with Gasteiger partial charge in [0.05, 0.1) is 43.1 Å². The number of sulfone groups is 1. The fraction of sp³-hybridized carbons (Fsp3) is 0.304. The number of halogens is 1. The van der Waals surface area contributed by atoms with Crippen molar-refractivity contribution in [3.8, 4) is 11.5 Å². The summed E-state index contributed by atoms with van der Waals surface area (Å²) in [6, 6.07) is 6.39. The van der Waals surface area contributed by atoms with Gasteiger partial charge in [-0.15, -0.1) is 0 Å². The number of carbonyl (C=O) groups is 2. The Balaban J connectivity index is 2.17. The van der Waals surface area contributed by atoms with Crippen molar-refractivity contribution in [3.63, 3.8) is 0 Å². The molecule has 2 amide bonds. The van der Waals surface area contributed by atoms with Gasteiger partial charge >= 0.3 is 12.0 Å². The highest BCUT2D eigenvalue weighted by atomic mass is 32.2. The van der Waals surface area contributed by atoms with Crippen LogP contribution in [0.15, 0.2) is 52.6 Å². The highest BCUT2D eigenvalue weighted by Gasteiger charge is 2.37. The van der Waals surface area contributed by atoms with E-state index in [1.807, 2.05) is 0 Å². The molecule has 9 nitrogen and oxygen atoms in total. The van der Waals surface area contributed by atoms with Gasteiger partial charge in [0.25, 0.3) is 0 Å². The maximum absolute atomic E-state index is 13.7. The van der Waals surface area contributed by atoms with Crippen LogP contribution < -0.4 is 20.1 Å². The maximum atomic E-state index is 13.7. The molecule has 3 rings (SSSR count). The molecule has 0 bridgehead atoms. The number of amides is 2. The summed E-state index contributed by atoms with van der Waals surface area (Å²) in [5.74, 6) is -1.31. The highest BCUT2D eigenvalue weighted by molar-refractivity contribution is 7.91. The molecule has 0 spiro atoms. The first-order valence-corrected chi connectivity index (χ1v) is 11.9. The molecule has 182 valence electrons. The molecule has 1 aliphatic rings. The van der Waals surface area contributed by atoms with Gasteiger partial charge in [0, 0.05) is 11.3 Å². The number of esters is 1. The molecule has 2 aromatic rings. The zero-order valence-corrected chi connectivity index (χ0v) is 19.9. The van der Waals surface area contributed by atoms with Crippen molar-refractivity contribution in [1.29, 1.82) is 0 Å². The normalized spacial score (nSPS) is 15.9. The van der Waals surface area contributed by atoms with E-state index >= 15 is 0 Å². The lowest BCUT2D eigenvalue weighted by molar-refractivity contribution is -0.139. The Morgan fingerprint density at radius 1 is 1.12 bits per heavy atom. The summed E-state index contributed by atoms with van der Waals surface area (Å²) in [4.78, 5) is 25.4. The van der Waals surface area contributed by atoms with E-state index in [1.54, 1.807) is 25.1 Å². The van der Waals surface area contributed by atoms with Crippen molar-refractivity contribution in [1.82, 2.24) is 10.6 Å². The standard InChI is InChI=1S/C23H25FN2O7S/c1-5-33-22(27)20-18(12-34(29,30)15-7-8-17(24)13(2)10-15)25-23(28)26-21(20)16-11-14(31-3)6-9-19(16)32-4/h6-11,21H,5,12H2,1-4H3,(H2,25,26,28). The third kappa shape index (κ3) is 5.14. The van der Waals surface area contributed by atoms with Crippen LogP contribution in [-0.4, -0.2) is 47.0 Å². The summed E-state index contributed by atoms with van der Waals surface area (Å²) in [6.45, 7) is 3.07. The van der Waals surface area contributed by atoms with Crippen molar-refractivity contribution in [2.45, 2.75) is 24.8 Å². The molecular formula is C23H25FN2O7S. The van der Waals surface area contributed by atoms with E-state index in [4.69, 9.17) is 14.2 Å². The van der Waals surface area contributed by atoms with Gasteiger partial charge in [0.15, 0.2) is 9.84 Å². The molecule has 1 atom stereocenters. The lowest BCUT2D eigenvalue weighted by Crippen LogP contribution is -2.47. The van der Waals surface area contributed by atoms with E-state index in [9.17, 15) is 22.4 Å².